The van der Waals surface area contributed by atoms with E-state index in [1.165, 1.54) is 0 Å². The number of rotatable bonds is 10. The van der Waals surface area contributed by atoms with Crippen LogP contribution in [0.1, 0.15) is 25.7 Å². The number of hydrogen-bond acceptors (Lipinski definition) is 4. The van der Waals surface area contributed by atoms with E-state index in [2.05, 4.69) is 10.6 Å². The maximum absolute atomic E-state index is 10.9. The van der Waals surface area contributed by atoms with E-state index in [4.69, 9.17) is 22.0 Å². The summed E-state index contributed by atoms with van der Waals surface area (Å²) in [5.74, 6) is -0.937. The van der Waals surface area contributed by atoms with E-state index in [1.54, 1.807) is 0 Å². The van der Waals surface area contributed by atoms with Crippen LogP contribution in [0.5, 0.6) is 0 Å². The fourth-order valence-electron chi connectivity index (χ4n) is 1.39. The number of nitrogens with two attached hydrogens (primary N) is 2. The molecule has 0 amide bonds. The summed E-state index contributed by atoms with van der Waals surface area (Å²) in [7, 11) is 0. The average Bonchev–Trinajstić information content (AvgIpc) is 2.26. The Morgan fingerprint density at radius 3 is 2.53 bits per heavy atom. The predicted molar refractivity (Wildman–Crippen MR) is 66.9 cm³/mol. The fourth-order valence-corrected chi connectivity index (χ4v) is 1.39. The van der Waals surface area contributed by atoms with E-state index in [0.717, 1.165) is 12.8 Å². The maximum atomic E-state index is 10.9. The molecule has 0 fully saturated rings. The number of carbonyl (C=O) groups is 1. The third-order valence-corrected chi connectivity index (χ3v) is 2.30. The van der Waals surface area contributed by atoms with Crippen LogP contribution in [0.25, 0.3) is 0 Å². The van der Waals surface area contributed by atoms with Crippen molar-refractivity contribution in [1.29, 1.82) is 5.41 Å². The zero-order valence-electron chi connectivity index (χ0n) is 10.0. The molecule has 1 atom stereocenters. The van der Waals surface area contributed by atoms with Gasteiger partial charge in [0.2, 0.25) is 0 Å². The standard InChI is InChI=1S/C10H23N5O2/c11-5-1-2-6-14-8(9(16)17)4-3-7-15-10(12)13/h8,14H,1-7,11H2,(H,16,17)(H4,12,13,15)/t8-/m0/s1. The van der Waals surface area contributed by atoms with Crippen molar-refractivity contribution in [3.63, 3.8) is 0 Å². The van der Waals surface area contributed by atoms with Crippen molar-refractivity contribution in [2.24, 2.45) is 11.5 Å². The first-order valence-corrected chi connectivity index (χ1v) is 5.82. The predicted octanol–water partition coefficient (Wildman–Crippen LogP) is -0.969. The first-order valence-electron chi connectivity index (χ1n) is 5.82. The van der Waals surface area contributed by atoms with E-state index in [1.807, 2.05) is 0 Å². The highest BCUT2D eigenvalue weighted by Crippen LogP contribution is 1.97. The Morgan fingerprint density at radius 2 is 2.00 bits per heavy atom. The quantitative estimate of drug-likeness (QED) is 0.166. The fraction of sp³-hybridized carbons (Fsp3) is 0.800. The van der Waals surface area contributed by atoms with Crippen LogP contribution in [0.4, 0.5) is 0 Å². The topological polar surface area (TPSA) is 137 Å². The van der Waals surface area contributed by atoms with Crippen molar-refractivity contribution in [2.45, 2.75) is 31.7 Å². The van der Waals surface area contributed by atoms with Gasteiger partial charge in [-0.25, -0.2) is 0 Å². The molecule has 7 heteroatoms. The van der Waals surface area contributed by atoms with Crippen LogP contribution in [-0.4, -0.2) is 42.7 Å². The third kappa shape index (κ3) is 9.58. The van der Waals surface area contributed by atoms with Gasteiger partial charge < -0.3 is 27.2 Å². The molecule has 8 N–H and O–H groups in total. The SMILES string of the molecule is N=C(N)NCCC[C@H](NCCCCN)C(=O)O. The van der Waals surface area contributed by atoms with Gasteiger partial charge in [-0.05, 0) is 38.8 Å². The van der Waals surface area contributed by atoms with E-state index in [-0.39, 0.29) is 5.96 Å². The highest BCUT2D eigenvalue weighted by molar-refractivity contribution is 5.74. The summed E-state index contributed by atoms with van der Waals surface area (Å²) in [5.41, 5.74) is 10.5. The second-order valence-corrected chi connectivity index (χ2v) is 3.82. The first kappa shape index (κ1) is 15.7. The van der Waals surface area contributed by atoms with Crippen LogP contribution >= 0.6 is 0 Å². The molecule has 7 nitrogen and oxygen atoms in total. The zero-order chi connectivity index (χ0) is 13.1. The minimum Gasteiger partial charge on any atom is -0.480 e. The number of hydrogen-bond donors (Lipinski definition) is 6. The molecule has 0 aromatic heterocycles. The lowest BCUT2D eigenvalue weighted by Crippen LogP contribution is -2.38. The number of nitrogens with one attached hydrogen (secondary N) is 3. The van der Waals surface area contributed by atoms with Crippen molar-refractivity contribution >= 4 is 11.9 Å². The molecule has 0 aliphatic carbocycles. The molecule has 0 spiro atoms. The molecule has 0 bridgehead atoms. The molecule has 0 heterocycles. The lowest BCUT2D eigenvalue weighted by Gasteiger charge is -2.14. The summed E-state index contributed by atoms with van der Waals surface area (Å²) >= 11 is 0. The van der Waals surface area contributed by atoms with Crippen LogP contribution in [0.2, 0.25) is 0 Å². The summed E-state index contributed by atoms with van der Waals surface area (Å²) < 4.78 is 0. The Bertz CT molecular complexity index is 235. The van der Waals surface area contributed by atoms with Crippen LogP contribution in [-0.2, 0) is 4.79 Å². The highest BCUT2D eigenvalue weighted by atomic mass is 16.4. The van der Waals surface area contributed by atoms with Gasteiger partial charge in [-0.1, -0.05) is 0 Å². The van der Waals surface area contributed by atoms with Crippen molar-refractivity contribution in [3.05, 3.63) is 0 Å². The lowest BCUT2D eigenvalue weighted by atomic mass is 10.1. The molecule has 0 saturated carbocycles. The van der Waals surface area contributed by atoms with Gasteiger partial charge in [0.1, 0.15) is 6.04 Å². The van der Waals surface area contributed by atoms with Crippen LogP contribution in [0.15, 0.2) is 0 Å². The molecule has 0 rings (SSSR count). The normalized spacial score (nSPS) is 12.1. The minimum absolute atomic E-state index is 0.0900. The van der Waals surface area contributed by atoms with Gasteiger partial charge in [0.15, 0.2) is 5.96 Å². The Hall–Kier alpha value is -1.34. The minimum atomic E-state index is -0.847. The summed E-state index contributed by atoms with van der Waals surface area (Å²) in [6.45, 7) is 1.81. The Kier molecular flexibility index (Phi) is 9.08. The molecule has 100 valence electrons. The van der Waals surface area contributed by atoms with E-state index in [9.17, 15) is 4.79 Å². The van der Waals surface area contributed by atoms with Crippen molar-refractivity contribution < 1.29 is 9.90 Å². The second-order valence-electron chi connectivity index (χ2n) is 3.82. The van der Waals surface area contributed by atoms with Gasteiger partial charge in [0.25, 0.3) is 0 Å². The van der Waals surface area contributed by atoms with Gasteiger partial charge >= 0.3 is 5.97 Å². The van der Waals surface area contributed by atoms with Crippen LogP contribution in [0.3, 0.4) is 0 Å². The lowest BCUT2D eigenvalue weighted by molar-refractivity contribution is -0.139. The summed E-state index contributed by atoms with van der Waals surface area (Å²) in [5, 5.41) is 21.5. The van der Waals surface area contributed by atoms with Gasteiger partial charge in [-0.2, -0.15) is 0 Å². The summed E-state index contributed by atoms with van der Waals surface area (Å²) in [4.78, 5) is 10.9. The summed E-state index contributed by atoms with van der Waals surface area (Å²) in [6.07, 6.45) is 2.94. The molecule has 0 aromatic rings. The third-order valence-electron chi connectivity index (χ3n) is 2.30. The molecule has 0 unspecified atom stereocenters. The average molecular weight is 245 g/mol. The summed E-state index contributed by atoms with van der Waals surface area (Å²) in [6, 6.07) is -0.540. The Balaban J connectivity index is 3.67. The first-order chi connectivity index (χ1) is 8.07. The maximum Gasteiger partial charge on any atom is 0.320 e. The largest absolute Gasteiger partial charge is 0.480 e. The molecule has 0 aliphatic rings. The molecule has 0 aliphatic heterocycles. The van der Waals surface area contributed by atoms with E-state index >= 15 is 0 Å². The smallest absolute Gasteiger partial charge is 0.320 e. The van der Waals surface area contributed by atoms with Crippen molar-refractivity contribution in [1.82, 2.24) is 10.6 Å². The van der Waals surface area contributed by atoms with Gasteiger partial charge in [-0.15, -0.1) is 0 Å². The molecule has 0 aromatic carbocycles. The Morgan fingerprint density at radius 1 is 1.29 bits per heavy atom. The van der Waals surface area contributed by atoms with Crippen LogP contribution in [0, 0.1) is 5.41 Å². The number of carboxylic acids is 1. The number of carboxylic acid groups (broad SMARTS) is 1. The van der Waals surface area contributed by atoms with E-state index < -0.39 is 12.0 Å². The Labute approximate surface area is 101 Å². The molecule has 0 radical (unpaired) electrons. The zero-order valence-corrected chi connectivity index (χ0v) is 10.0. The van der Waals surface area contributed by atoms with Crippen molar-refractivity contribution in [3.8, 4) is 0 Å². The molecular formula is C10H23N5O2. The number of aliphatic carboxylic acids is 1. The van der Waals surface area contributed by atoms with Gasteiger partial charge in [-0.3, -0.25) is 10.2 Å². The highest BCUT2D eigenvalue weighted by Gasteiger charge is 2.15. The molecule has 17 heavy (non-hydrogen) atoms. The molecular weight excluding hydrogens is 222 g/mol. The van der Waals surface area contributed by atoms with Gasteiger partial charge in [0.05, 0.1) is 0 Å². The van der Waals surface area contributed by atoms with Gasteiger partial charge in [0, 0.05) is 6.54 Å². The molecule has 0 saturated heterocycles. The number of guanidine groups is 1. The van der Waals surface area contributed by atoms with E-state index in [0.29, 0.717) is 32.5 Å². The second kappa shape index (κ2) is 9.86. The monoisotopic (exact) mass is 245 g/mol. The van der Waals surface area contributed by atoms with Crippen LogP contribution < -0.4 is 22.1 Å². The number of unbranched alkanes of at least 4 members (excludes halogenated alkanes) is 1. The van der Waals surface area contributed by atoms with Crippen molar-refractivity contribution in [2.75, 3.05) is 19.6 Å².